The molecule has 22 heavy (non-hydrogen) atoms. The summed E-state index contributed by atoms with van der Waals surface area (Å²) in [6, 6.07) is 14.8. The van der Waals surface area contributed by atoms with Crippen molar-refractivity contribution in [1.29, 1.82) is 0 Å². The quantitative estimate of drug-likeness (QED) is 0.460. The fraction of sp³-hybridized carbons (Fsp3) is 0.211. The predicted octanol–water partition coefficient (Wildman–Crippen LogP) is 4.81. The van der Waals surface area contributed by atoms with Gasteiger partial charge in [0.15, 0.2) is 4.90 Å². The molecule has 116 valence electrons. The van der Waals surface area contributed by atoms with Crippen molar-refractivity contribution in [2.45, 2.75) is 18.7 Å². The standard InChI is InChI=1S/C17H17O2S.C2H6/c1-4-13-5-7-14(8-6-13)17(18)19-15-9-11-16(12-10-15)20(2)3;1-2/h4-12H,1H2,2-3H3;1-2H3/q+1;. The van der Waals surface area contributed by atoms with Crippen molar-refractivity contribution in [3.63, 3.8) is 0 Å². The minimum absolute atomic E-state index is 0.210. The fourth-order valence-electron chi connectivity index (χ4n) is 1.70. The van der Waals surface area contributed by atoms with Crippen LogP contribution in [-0.2, 0) is 10.9 Å². The van der Waals surface area contributed by atoms with Crippen LogP contribution in [-0.4, -0.2) is 18.5 Å². The van der Waals surface area contributed by atoms with E-state index in [4.69, 9.17) is 4.74 Å². The molecule has 0 unspecified atom stereocenters. The number of carbonyl (C=O) groups excluding carboxylic acids is 1. The third-order valence-corrected chi connectivity index (χ3v) is 4.10. The second kappa shape index (κ2) is 9.11. The molecule has 0 amide bonds. The van der Waals surface area contributed by atoms with Crippen molar-refractivity contribution < 1.29 is 9.53 Å². The minimum Gasteiger partial charge on any atom is -0.423 e. The topological polar surface area (TPSA) is 26.3 Å². The van der Waals surface area contributed by atoms with Gasteiger partial charge in [0, 0.05) is 10.9 Å². The lowest BCUT2D eigenvalue weighted by atomic mass is 10.1. The van der Waals surface area contributed by atoms with Gasteiger partial charge in [-0.2, -0.15) is 0 Å². The van der Waals surface area contributed by atoms with E-state index in [0.29, 0.717) is 11.3 Å². The van der Waals surface area contributed by atoms with E-state index in [9.17, 15) is 4.79 Å². The SMILES string of the molecule is C=Cc1ccc(C(=O)Oc2ccc([S+](C)C)cc2)cc1.CC. The second-order valence-corrected chi connectivity index (χ2v) is 6.61. The normalized spacial score (nSPS) is 9.68. The summed E-state index contributed by atoms with van der Waals surface area (Å²) in [5.74, 6) is 0.220. The smallest absolute Gasteiger partial charge is 0.343 e. The lowest BCUT2D eigenvalue weighted by molar-refractivity contribution is 0.0734. The summed E-state index contributed by atoms with van der Waals surface area (Å²) in [7, 11) is 0.210. The van der Waals surface area contributed by atoms with Crippen molar-refractivity contribution in [3.05, 3.63) is 66.2 Å². The van der Waals surface area contributed by atoms with Gasteiger partial charge in [-0.3, -0.25) is 0 Å². The molecule has 3 heteroatoms. The lowest BCUT2D eigenvalue weighted by Crippen LogP contribution is -2.08. The Morgan fingerprint density at radius 1 is 1.00 bits per heavy atom. The number of ether oxygens (including phenoxy) is 1. The third kappa shape index (κ3) is 5.08. The molecule has 0 saturated heterocycles. The Balaban J connectivity index is 0.00000116. The first kappa shape index (κ1) is 18.1. The molecule has 0 radical (unpaired) electrons. The van der Waals surface area contributed by atoms with Gasteiger partial charge in [-0.15, -0.1) is 0 Å². The fourth-order valence-corrected chi connectivity index (χ4v) is 2.38. The van der Waals surface area contributed by atoms with Crippen LogP contribution in [0.1, 0.15) is 29.8 Å². The summed E-state index contributed by atoms with van der Waals surface area (Å²) in [5.41, 5.74) is 1.51. The van der Waals surface area contributed by atoms with Crippen molar-refractivity contribution in [2.75, 3.05) is 12.5 Å². The number of hydrogen-bond donors (Lipinski definition) is 0. The van der Waals surface area contributed by atoms with E-state index in [1.807, 2.05) is 50.2 Å². The molecule has 0 bridgehead atoms. The highest BCUT2D eigenvalue weighted by molar-refractivity contribution is 7.95. The van der Waals surface area contributed by atoms with E-state index in [0.717, 1.165) is 5.56 Å². The van der Waals surface area contributed by atoms with E-state index in [2.05, 4.69) is 19.1 Å². The van der Waals surface area contributed by atoms with Crippen LogP contribution in [0.3, 0.4) is 0 Å². The highest BCUT2D eigenvalue weighted by Gasteiger charge is 2.11. The maximum absolute atomic E-state index is 12.0. The molecule has 2 aromatic carbocycles. The van der Waals surface area contributed by atoms with Crippen LogP contribution >= 0.6 is 0 Å². The predicted molar refractivity (Wildman–Crippen MR) is 96.8 cm³/mol. The Hall–Kier alpha value is -2.00. The Morgan fingerprint density at radius 3 is 2.00 bits per heavy atom. The van der Waals surface area contributed by atoms with Crippen LogP contribution in [0.4, 0.5) is 0 Å². The van der Waals surface area contributed by atoms with E-state index >= 15 is 0 Å². The van der Waals surface area contributed by atoms with Gasteiger partial charge in [0.2, 0.25) is 0 Å². The average molecular weight is 315 g/mol. The van der Waals surface area contributed by atoms with Crippen LogP contribution in [0.5, 0.6) is 5.75 Å². The van der Waals surface area contributed by atoms with Crippen molar-refractivity contribution in [1.82, 2.24) is 0 Å². The van der Waals surface area contributed by atoms with E-state index < -0.39 is 0 Å². The molecule has 0 aliphatic rings. The van der Waals surface area contributed by atoms with Gasteiger partial charge in [-0.25, -0.2) is 4.79 Å². The molecule has 0 spiro atoms. The van der Waals surface area contributed by atoms with Crippen LogP contribution < -0.4 is 4.74 Å². The molecule has 0 heterocycles. The average Bonchev–Trinajstić information content (AvgIpc) is 2.57. The molecule has 0 fully saturated rings. The van der Waals surface area contributed by atoms with E-state index in [-0.39, 0.29) is 16.9 Å². The van der Waals surface area contributed by atoms with Crippen LogP contribution in [0.2, 0.25) is 0 Å². The van der Waals surface area contributed by atoms with Crippen molar-refractivity contribution in [2.24, 2.45) is 0 Å². The maximum atomic E-state index is 12.0. The first-order chi connectivity index (χ1) is 10.6. The van der Waals surface area contributed by atoms with Crippen molar-refractivity contribution >= 4 is 22.9 Å². The molecule has 0 atom stereocenters. The summed E-state index contributed by atoms with van der Waals surface area (Å²) in [5, 5.41) is 0. The van der Waals surface area contributed by atoms with Crippen LogP contribution in [0.15, 0.2) is 60.0 Å². The minimum atomic E-state index is -0.347. The Morgan fingerprint density at radius 2 is 1.55 bits per heavy atom. The first-order valence-electron chi connectivity index (χ1n) is 7.22. The number of carbonyl (C=O) groups is 1. The monoisotopic (exact) mass is 315 g/mol. The Bertz CT molecular complexity index is 598. The number of rotatable bonds is 4. The Kier molecular flexibility index (Phi) is 7.47. The largest absolute Gasteiger partial charge is 0.423 e. The molecule has 2 aromatic rings. The molecule has 0 N–H and O–H groups in total. The van der Waals surface area contributed by atoms with Gasteiger partial charge >= 0.3 is 5.97 Å². The number of benzene rings is 2. The first-order valence-corrected chi connectivity index (χ1v) is 9.26. The second-order valence-electron chi connectivity index (χ2n) is 4.50. The summed E-state index contributed by atoms with van der Waals surface area (Å²) in [6.07, 6.45) is 6.05. The summed E-state index contributed by atoms with van der Waals surface area (Å²) in [6.45, 7) is 7.68. The van der Waals surface area contributed by atoms with Gasteiger partial charge < -0.3 is 4.74 Å². The number of hydrogen-bond acceptors (Lipinski definition) is 2. The highest BCUT2D eigenvalue weighted by atomic mass is 32.2. The molecule has 0 aromatic heterocycles. The zero-order chi connectivity index (χ0) is 16.5. The highest BCUT2D eigenvalue weighted by Crippen LogP contribution is 2.17. The van der Waals surface area contributed by atoms with Crippen LogP contribution in [0.25, 0.3) is 6.08 Å². The molecular weight excluding hydrogens is 292 g/mol. The van der Waals surface area contributed by atoms with Crippen molar-refractivity contribution in [3.8, 4) is 5.75 Å². The zero-order valence-corrected chi connectivity index (χ0v) is 14.4. The number of esters is 1. The van der Waals surface area contributed by atoms with E-state index in [1.54, 1.807) is 18.2 Å². The molecule has 2 rings (SSSR count). The summed E-state index contributed by atoms with van der Waals surface area (Å²) < 4.78 is 5.35. The molecule has 2 nitrogen and oxygen atoms in total. The molecular formula is C19H23O2S+. The van der Waals surface area contributed by atoms with Gasteiger partial charge in [-0.05, 0) is 42.0 Å². The van der Waals surface area contributed by atoms with Gasteiger partial charge in [0.25, 0.3) is 0 Å². The molecule has 0 aliphatic heterocycles. The summed E-state index contributed by atoms with van der Waals surface area (Å²) >= 11 is 0. The zero-order valence-electron chi connectivity index (χ0n) is 13.6. The van der Waals surface area contributed by atoms with Crippen LogP contribution in [0, 0.1) is 0 Å². The molecule has 0 saturated carbocycles. The molecule has 0 aliphatic carbocycles. The summed E-state index contributed by atoms with van der Waals surface area (Å²) in [4.78, 5) is 13.2. The Labute approximate surface area is 136 Å². The van der Waals surface area contributed by atoms with E-state index in [1.165, 1.54) is 4.90 Å². The van der Waals surface area contributed by atoms with Gasteiger partial charge in [0.05, 0.1) is 5.56 Å². The van der Waals surface area contributed by atoms with Gasteiger partial charge in [-0.1, -0.05) is 38.6 Å². The van der Waals surface area contributed by atoms with Gasteiger partial charge in [0.1, 0.15) is 18.3 Å². The maximum Gasteiger partial charge on any atom is 0.343 e. The third-order valence-electron chi connectivity index (χ3n) is 2.89. The lowest BCUT2D eigenvalue weighted by Gasteiger charge is -2.05.